The van der Waals surface area contributed by atoms with Crippen LogP contribution in [0.15, 0.2) is 60.7 Å². The van der Waals surface area contributed by atoms with Crippen LogP contribution in [-0.2, 0) is 4.57 Å². The Kier molecular flexibility index (Phi) is 7.25. The normalized spacial score (nSPS) is 8.95. The van der Waals surface area contributed by atoms with Crippen molar-refractivity contribution in [2.45, 2.75) is 6.92 Å². The Balaban J connectivity index is 0.000000550. The van der Waals surface area contributed by atoms with Gasteiger partial charge in [0.1, 0.15) is 0 Å². The van der Waals surface area contributed by atoms with Gasteiger partial charge in [0, 0.05) is 4.57 Å². The Morgan fingerprint density at radius 3 is 1.53 bits per heavy atom. The Morgan fingerprint density at radius 1 is 0.895 bits per heavy atom. The highest BCUT2D eigenvalue weighted by atomic mass is 31.1. The van der Waals surface area contributed by atoms with E-state index in [1.165, 1.54) is 0 Å². The highest BCUT2D eigenvalue weighted by Gasteiger charge is 2.23. The second-order valence-electron chi connectivity index (χ2n) is 3.44. The van der Waals surface area contributed by atoms with Gasteiger partial charge in [-0.1, -0.05) is 43.3 Å². The molecule has 0 heterocycles. The molecule has 19 heavy (non-hydrogen) atoms. The molecule has 0 aromatic heterocycles. The molecule has 0 aliphatic heterocycles. The summed E-state index contributed by atoms with van der Waals surface area (Å²) in [6, 6.07) is 17.8. The van der Waals surface area contributed by atoms with Crippen molar-refractivity contribution in [1.82, 2.24) is 0 Å². The molecular formula is C14H17NO3P+. The lowest BCUT2D eigenvalue weighted by atomic mass is 10.3. The highest BCUT2D eigenvalue weighted by molar-refractivity contribution is 7.34. The van der Waals surface area contributed by atoms with Crippen molar-refractivity contribution in [3.05, 3.63) is 60.7 Å². The summed E-state index contributed by atoms with van der Waals surface area (Å²) < 4.78 is 21.7. The van der Waals surface area contributed by atoms with E-state index >= 15 is 0 Å². The number of hydrogen-bond acceptors (Lipinski definition) is 4. The molecule has 0 aliphatic rings. The van der Waals surface area contributed by atoms with E-state index < -0.39 is 8.25 Å². The van der Waals surface area contributed by atoms with Crippen LogP contribution < -0.4 is 14.8 Å². The lowest BCUT2D eigenvalue weighted by molar-refractivity contribution is 0.415. The predicted molar refractivity (Wildman–Crippen MR) is 76.5 cm³/mol. The first kappa shape index (κ1) is 15.2. The van der Waals surface area contributed by atoms with E-state index in [9.17, 15) is 4.57 Å². The number of hydrogen-bond donors (Lipinski definition) is 1. The Hall–Kier alpha value is -1.90. The zero-order chi connectivity index (χ0) is 13.9. The minimum absolute atomic E-state index is 0.527. The first-order chi connectivity index (χ1) is 9.26. The van der Waals surface area contributed by atoms with Crippen molar-refractivity contribution in [3.63, 3.8) is 0 Å². The smallest absolute Gasteiger partial charge is 0.331 e. The molecule has 2 aromatic carbocycles. The lowest BCUT2D eigenvalue weighted by Gasteiger charge is -1.92. The molecule has 2 aromatic rings. The van der Waals surface area contributed by atoms with Crippen LogP contribution in [0.4, 0.5) is 0 Å². The van der Waals surface area contributed by atoms with Crippen LogP contribution in [0.25, 0.3) is 0 Å². The molecule has 2 N–H and O–H groups in total. The molecule has 0 aliphatic carbocycles. The van der Waals surface area contributed by atoms with Crippen LogP contribution in [0.5, 0.6) is 11.5 Å². The van der Waals surface area contributed by atoms with Crippen molar-refractivity contribution in [2.75, 3.05) is 6.54 Å². The average molecular weight is 278 g/mol. The zero-order valence-corrected chi connectivity index (χ0v) is 11.6. The lowest BCUT2D eigenvalue weighted by Crippen LogP contribution is -1.87. The Bertz CT molecular complexity index is 433. The fourth-order valence-electron chi connectivity index (χ4n) is 1.15. The van der Waals surface area contributed by atoms with E-state index in [1.807, 2.05) is 19.1 Å². The van der Waals surface area contributed by atoms with Crippen LogP contribution in [0.3, 0.4) is 0 Å². The van der Waals surface area contributed by atoms with Crippen molar-refractivity contribution >= 4 is 8.25 Å². The van der Waals surface area contributed by atoms with Gasteiger partial charge in [-0.2, -0.15) is 0 Å². The molecule has 0 unspecified atom stereocenters. The molecule has 0 radical (unpaired) electrons. The number of rotatable bonds is 4. The third-order valence-corrected chi connectivity index (χ3v) is 2.57. The highest BCUT2D eigenvalue weighted by Crippen LogP contribution is 2.29. The van der Waals surface area contributed by atoms with Gasteiger partial charge in [-0.3, -0.25) is 0 Å². The van der Waals surface area contributed by atoms with Gasteiger partial charge in [-0.05, 0) is 30.8 Å². The first-order valence-corrected chi connectivity index (χ1v) is 6.99. The largest absolute Gasteiger partial charge is 0.805 e. The summed E-state index contributed by atoms with van der Waals surface area (Å²) in [5.74, 6) is 1.05. The van der Waals surface area contributed by atoms with Crippen LogP contribution in [0.1, 0.15) is 6.92 Å². The SMILES string of the molecule is CCN.O=[P+](Oc1ccccc1)Oc1ccccc1. The van der Waals surface area contributed by atoms with Gasteiger partial charge in [0.2, 0.25) is 0 Å². The number of nitrogens with two attached hydrogens (primary N) is 1. The summed E-state index contributed by atoms with van der Waals surface area (Å²) in [4.78, 5) is 0. The van der Waals surface area contributed by atoms with Crippen LogP contribution in [0.2, 0.25) is 0 Å². The summed E-state index contributed by atoms with van der Waals surface area (Å²) in [5, 5.41) is 0. The van der Waals surface area contributed by atoms with E-state index in [4.69, 9.17) is 14.8 Å². The molecule has 100 valence electrons. The van der Waals surface area contributed by atoms with E-state index in [0.717, 1.165) is 6.54 Å². The molecule has 0 fully saturated rings. The van der Waals surface area contributed by atoms with Crippen molar-refractivity contribution in [2.24, 2.45) is 5.73 Å². The Labute approximate surface area is 114 Å². The Morgan fingerprint density at radius 2 is 1.21 bits per heavy atom. The minimum atomic E-state index is -2.18. The quantitative estimate of drug-likeness (QED) is 0.865. The van der Waals surface area contributed by atoms with Gasteiger partial charge in [-0.15, -0.1) is 0 Å². The molecule has 0 saturated carbocycles. The molecule has 0 amide bonds. The van der Waals surface area contributed by atoms with E-state index in [0.29, 0.717) is 11.5 Å². The summed E-state index contributed by atoms with van der Waals surface area (Å²) in [6.07, 6.45) is 0. The first-order valence-electron chi connectivity index (χ1n) is 5.89. The molecule has 0 bridgehead atoms. The summed E-state index contributed by atoms with van der Waals surface area (Å²) in [6.45, 7) is 2.65. The maximum Gasteiger partial charge on any atom is 0.805 e. The van der Waals surface area contributed by atoms with Crippen molar-refractivity contribution in [3.8, 4) is 11.5 Å². The van der Waals surface area contributed by atoms with Crippen LogP contribution >= 0.6 is 8.25 Å². The molecule has 0 saturated heterocycles. The summed E-state index contributed by atoms with van der Waals surface area (Å²) >= 11 is 0. The van der Waals surface area contributed by atoms with Crippen molar-refractivity contribution < 1.29 is 13.6 Å². The van der Waals surface area contributed by atoms with Gasteiger partial charge in [0.25, 0.3) is 0 Å². The standard InChI is InChI=1S/C12H10O3P.C2H7N/c13-16(14-11-7-3-1-4-8-11)15-12-9-5-2-6-10-12;1-2-3/h1-10H;2-3H2,1H3/q+1;. The van der Waals surface area contributed by atoms with E-state index in [1.54, 1.807) is 48.5 Å². The molecule has 4 nitrogen and oxygen atoms in total. The van der Waals surface area contributed by atoms with Gasteiger partial charge >= 0.3 is 8.25 Å². The maximum absolute atomic E-state index is 11.5. The predicted octanol–water partition coefficient (Wildman–Crippen LogP) is 3.77. The summed E-state index contributed by atoms with van der Waals surface area (Å²) in [7, 11) is -2.18. The third kappa shape index (κ3) is 6.55. The van der Waals surface area contributed by atoms with Gasteiger partial charge in [0.05, 0.1) is 0 Å². The fourth-order valence-corrected chi connectivity index (χ4v) is 1.78. The van der Waals surface area contributed by atoms with Gasteiger partial charge < -0.3 is 5.73 Å². The number of benzene rings is 2. The molecular weight excluding hydrogens is 261 g/mol. The topological polar surface area (TPSA) is 61.6 Å². The molecule has 2 rings (SSSR count). The fraction of sp³-hybridized carbons (Fsp3) is 0.143. The maximum atomic E-state index is 11.5. The van der Waals surface area contributed by atoms with Crippen molar-refractivity contribution in [1.29, 1.82) is 0 Å². The van der Waals surface area contributed by atoms with E-state index in [2.05, 4.69) is 0 Å². The van der Waals surface area contributed by atoms with E-state index in [-0.39, 0.29) is 0 Å². The molecule has 0 spiro atoms. The minimum Gasteiger partial charge on any atom is -0.331 e. The number of para-hydroxylation sites is 2. The van der Waals surface area contributed by atoms with Crippen LogP contribution in [0, 0.1) is 0 Å². The molecule has 5 heteroatoms. The van der Waals surface area contributed by atoms with Gasteiger partial charge in [-0.25, -0.2) is 9.05 Å². The third-order valence-electron chi connectivity index (χ3n) is 1.85. The summed E-state index contributed by atoms with van der Waals surface area (Å²) in [5.41, 5.74) is 4.85. The zero-order valence-electron chi connectivity index (χ0n) is 10.7. The monoisotopic (exact) mass is 278 g/mol. The second-order valence-corrected chi connectivity index (χ2v) is 4.25. The van der Waals surface area contributed by atoms with Gasteiger partial charge in [0.15, 0.2) is 11.5 Å². The second kappa shape index (κ2) is 9.09. The average Bonchev–Trinajstić information content (AvgIpc) is 2.41. The van der Waals surface area contributed by atoms with Crippen LogP contribution in [-0.4, -0.2) is 6.54 Å². The molecule has 0 atom stereocenters.